The summed E-state index contributed by atoms with van der Waals surface area (Å²) in [5.41, 5.74) is 2.22. The molecule has 29 heavy (non-hydrogen) atoms. The highest BCUT2D eigenvalue weighted by Gasteiger charge is 2.48. The van der Waals surface area contributed by atoms with E-state index in [0.29, 0.717) is 18.4 Å². The molecule has 0 bridgehead atoms. The van der Waals surface area contributed by atoms with Gasteiger partial charge in [-0.1, -0.05) is 36.4 Å². The van der Waals surface area contributed by atoms with Crippen molar-refractivity contribution < 1.29 is 9.18 Å². The lowest BCUT2D eigenvalue weighted by Crippen LogP contribution is -2.50. The third kappa shape index (κ3) is 4.31. The van der Waals surface area contributed by atoms with Crippen molar-refractivity contribution in [1.29, 1.82) is 0 Å². The highest BCUT2D eigenvalue weighted by molar-refractivity contribution is 5.76. The van der Waals surface area contributed by atoms with E-state index >= 15 is 0 Å². The van der Waals surface area contributed by atoms with E-state index in [-0.39, 0.29) is 17.3 Å². The maximum Gasteiger partial charge on any atom is 0.222 e. The Morgan fingerprint density at radius 1 is 1.14 bits per heavy atom. The number of aryl methyl sites for hydroxylation is 1. The van der Waals surface area contributed by atoms with Crippen molar-refractivity contribution in [3.05, 3.63) is 66.0 Å². The van der Waals surface area contributed by atoms with Gasteiger partial charge in [0.25, 0.3) is 0 Å². The van der Waals surface area contributed by atoms with Crippen LogP contribution in [0.4, 0.5) is 10.1 Å². The average molecular weight is 395 g/mol. The molecule has 0 unspecified atom stereocenters. The number of rotatable bonds is 5. The molecule has 2 aromatic rings. The SMILES string of the molecule is CC1(C)C[C@@H]2CN(C(=O)CCCc3ccccc3)CC[C@@H]2N1c1cccc(F)c1. The molecule has 2 atom stereocenters. The standard InChI is InChI=1S/C25H31FN2O/c1-25(2)17-20-18-27(24(29)13-6-10-19-8-4-3-5-9-19)15-14-23(20)28(25)22-12-7-11-21(26)16-22/h3-5,7-9,11-12,16,20,23H,6,10,13-15,17-18H2,1-2H3/t20-,23+/m1/s1. The highest BCUT2D eigenvalue weighted by Crippen LogP contribution is 2.44. The average Bonchev–Trinajstić information content (AvgIpc) is 2.97. The number of carbonyl (C=O) groups is 1. The molecule has 4 heteroatoms. The second-order valence-corrected chi connectivity index (χ2v) is 9.16. The van der Waals surface area contributed by atoms with E-state index < -0.39 is 0 Å². The Hall–Kier alpha value is -2.36. The van der Waals surface area contributed by atoms with Crippen molar-refractivity contribution in [3.63, 3.8) is 0 Å². The molecular formula is C25H31FN2O. The molecule has 0 saturated carbocycles. The van der Waals surface area contributed by atoms with E-state index in [1.54, 1.807) is 12.1 Å². The topological polar surface area (TPSA) is 23.6 Å². The minimum Gasteiger partial charge on any atom is -0.363 e. The number of anilines is 1. The Morgan fingerprint density at radius 2 is 1.93 bits per heavy atom. The van der Waals surface area contributed by atoms with E-state index in [2.05, 4.69) is 35.8 Å². The smallest absolute Gasteiger partial charge is 0.222 e. The van der Waals surface area contributed by atoms with Gasteiger partial charge in [0.15, 0.2) is 0 Å². The Bertz CT molecular complexity index is 851. The van der Waals surface area contributed by atoms with Crippen molar-refractivity contribution in [2.45, 2.75) is 57.5 Å². The number of hydrogen-bond acceptors (Lipinski definition) is 2. The van der Waals surface area contributed by atoms with Gasteiger partial charge < -0.3 is 9.80 Å². The first-order chi connectivity index (χ1) is 13.9. The van der Waals surface area contributed by atoms with Crippen LogP contribution in [-0.2, 0) is 11.2 Å². The Balaban J connectivity index is 1.37. The molecule has 1 amide bonds. The molecule has 2 aliphatic rings. The lowest BCUT2D eigenvalue weighted by molar-refractivity contribution is -0.133. The number of nitrogens with zero attached hydrogens (tertiary/aromatic N) is 2. The van der Waals surface area contributed by atoms with Crippen LogP contribution in [0.15, 0.2) is 54.6 Å². The summed E-state index contributed by atoms with van der Waals surface area (Å²) in [4.78, 5) is 17.3. The minimum atomic E-state index is -0.187. The molecule has 0 N–H and O–H groups in total. The van der Waals surface area contributed by atoms with Crippen LogP contribution in [0.2, 0.25) is 0 Å². The van der Waals surface area contributed by atoms with Crippen molar-refractivity contribution >= 4 is 11.6 Å². The van der Waals surface area contributed by atoms with Gasteiger partial charge in [0.2, 0.25) is 5.91 Å². The maximum absolute atomic E-state index is 13.8. The van der Waals surface area contributed by atoms with E-state index in [9.17, 15) is 9.18 Å². The van der Waals surface area contributed by atoms with Crippen molar-refractivity contribution in [2.75, 3.05) is 18.0 Å². The molecule has 2 heterocycles. The third-order valence-corrected chi connectivity index (χ3v) is 6.58. The minimum absolute atomic E-state index is 0.0322. The van der Waals surface area contributed by atoms with Crippen LogP contribution in [0.25, 0.3) is 0 Å². The van der Waals surface area contributed by atoms with Crippen molar-refractivity contribution in [2.24, 2.45) is 5.92 Å². The van der Waals surface area contributed by atoms with Crippen molar-refractivity contribution in [3.8, 4) is 0 Å². The molecule has 0 aromatic heterocycles. The van der Waals surface area contributed by atoms with E-state index in [1.165, 1.54) is 11.6 Å². The second kappa shape index (κ2) is 8.17. The lowest BCUT2D eigenvalue weighted by Gasteiger charge is -2.42. The fourth-order valence-electron chi connectivity index (χ4n) is 5.39. The van der Waals surface area contributed by atoms with Gasteiger partial charge in [0.05, 0.1) is 0 Å². The molecule has 154 valence electrons. The monoisotopic (exact) mass is 394 g/mol. The summed E-state index contributed by atoms with van der Waals surface area (Å²) in [6.07, 6.45) is 4.45. The van der Waals surface area contributed by atoms with Gasteiger partial charge in [-0.05, 0) is 69.2 Å². The first-order valence-electron chi connectivity index (χ1n) is 10.8. The van der Waals surface area contributed by atoms with Crippen LogP contribution in [0.3, 0.4) is 0 Å². The number of amides is 1. The number of halogens is 1. The van der Waals surface area contributed by atoms with Crippen LogP contribution >= 0.6 is 0 Å². The Kier molecular flexibility index (Phi) is 5.62. The normalized spacial score (nSPS) is 23.1. The van der Waals surface area contributed by atoms with Gasteiger partial charge in [-0.15, -0.1) is 0 Å². The zero-order valence-corrected chi connectivity index (χ0v) is 17.5. The summed E-state index contributed by atoms with van der Waals surface area (Å²) in [5, 5.41) is 0. The van der Waals surface area contributed by atoms with Gasteiger partial charge >= 0.3 is 0 Å². The molecule has 0 spiro atoms. The Morgan fingerprint density at radius 3 is 2.69 bits per heavy atom. The summed E-state index contributed by atoms with van der Waals surface area (Å²) in [6.45, 7) is 6.10. The van der Waals surface area contributed by atoms with Gasteiger partial charge in [-0.2, -0.15) is 0 Å². The first kappa shape index (κ1) is 19.9. The van der Waals surface area contributed by atoms with Gasteiger partial charge in [-0.3, -0.25) is 4.79 Å². The third-order valence-electron chi connectivity index (χ3n) is 6.58. The lowest BCUT2D eigenvalue weighted by atomic mass is 9.89. The van der Waals surface area contributed by atoms with E-state index in [1.807, 2.05) is 24.3 Å². The highest BCUT2D eigenvalue weighted by atomic mass is 19.1. The quantitative estimate of drug-likeness (QED) is 0.708. The van der Waals surface area contributed by atoms with Gasteiger partial charge in [0.1, 0.15) is 5.82 Å². The fourth-order valence-corrected chi connectivity index (χ4v) is 5.39. The summed E-state index contributed by atoms with van der Waals surface area (Å²) in [6, 6.07) is 17.7. The molecule has 3 nitrogen and oxygen atoms in total. The van der Waals surface area contributed by atoms with Crippen LogP contribution in [0.1, 0.15) is 45.1 Å². The van der Waals surface area contributed by atoms with E-state index in [0.717, 1.165) is 44.5 Å². The largest absolute Gasteiger partial charge is 0.363 e. The predicted molar refractivity (Wildman–Crippen MR) is 115 cm³/mol. The number of likely N-dealkylation sites (tertiary alicyclic amines) is 1. The zero-order valence-electron chi connectivity index (χ0n) is 17.5. The van der Waals surface area contributed by atoms with Crippen LogP contribution in [0, 0.1) is 11.7 Å². The number of piperidine rings is 1. The first-order valence-corrected chi connectivity index (χ1v) is 10.8. The van der Waals surface area contributed by atoms with Crippen LogP contribution in [-0.4, -0.2) is 35.5 Å². The molecule has 2 saturated heterocycles. The second-order valence-electron chi connectivity index (χ2n) is 9.16. The number of hydrogen-bond donors (Lipinski definition) is 0. The molecular weight excluding hydrogens is 363 g/mol. The number of fused-ring (bicyclic) bond motifs is 1. The molecule has 4 rings (SSSR count). The molecule has 0 aliphatic carbocycles. The summed E-state index contributed by atoms with van der Waals surface area (Å²) < 4.78 is 13.8. The van der Waals surface area contributed by atoms with Gasteiger partial charge in [0, 0.05) is 36.8 Å². The summed E-state index contributed by atoms with van der Waals surface area (Å²) >= 11 is 0. The fraction of sp³-hybridized carbons (Fsp3) is 0.480. The van der Waals surface area contributed by atoms with Gasteiger partial charge in [-0.25, -0.2) is 4.39 Å². The predicted octanol–water partition coefficient (Wildman–Crippen LogP) is 5.05. The molecule has 2 aliphatic heterocycles. The number of carbonyl (C=O) groups excluding carboxylic acids is 1. The maximum atomic E-state index is 13.8. The van der Waals surface area contributed by atoms with Crippen molar-refractivity contribution in [1.82, 2.24) is 4.90 Å². The van der Waals surface area contributed by atoms with Crippen LogP contribution in [0.5, 0.6) is 0 Å². The summed E-state index contributed by atoms with van der Waals surface area (Å²) in [7, 11) is 0. The Labute approximate surface area is 173 Å². The zero-order chi connectivity index (χ0) is 20.4. The van der Waals surface area contributed by atoms with Crippen LogP contribution < -0.4 is 4.90 Å². The number of benzene rings is 2. The molecule has 2 aromatic carbocycles. The summed E-state index contributed by atoms with van der Waals surface area (Å²) in [5.74, 6) is 0.536. The van der Waals surface area contributed by atoms with E-state index in [4.69, 9.17) is 0 Å². The molecule has 0 radical (unpaired) electrons. The molecule has 2 fully saturated rings.